The largest absolute Gasteiger partial charge is 1.00 e. The predicted octanol–water partition coefficient (Wildman–Crippen LogP) is 8.68. The summed E-state index contributed by atoms with van der Waals surface area (Å²) in [4.78, 5) is 6.77. The zero-order valence-electron chi connectivity index (χ0n) is 48.1. The summed E-state index contributed by atoms with van der Waals surface area (Å²) in [6, 6.07) is 37.8. The minimum absolute atomic E-state index is 0. The maximum atomic E-state index is 13.7. The third kappa shape index (κ3) is 15.5. The van der Waals surface area contributed by atoms with Crippen molar-refractivity contribution >= 4 is 43.1 Å². The molecule has 2 aromatic heterocycles. The second-order valence-corrected chi connectivity index (χ2v) is 24.0. The van der Waals surface area contributed by atoms with Crippen molar-refractivity contribution in [3.05, 3.63) is 144 Å². The van der Waals surface area contributed by atoms with Gasteiger partial charge in [0, 0.05) is 62.9 Å². The number of pyridine rings is 2. The molecule has 5 heterocycles. The number of nitrogens with one attached hydrogen (secondary N) is 2. The van der Waals surface area contributed by atoms with E-state index in [1.807, 2.05) is 36.7 Å². The molecule has 11 rings (SSSR count). The van der Waals surface area contributed by atoms with Crippen LogP contribution in [0.1, 0.15) is 144 Å². The van der Waals surface area contributed by atoms with Crippen LogP contribution in [0.5, 0.6) is 11.5 Å². The summed E-state index contributed by atoms with van der Waals surface area (Å²) in [5.74, 6) is 0.224. The normalized spacial score (nSPS) is 14.6. The van der Waals surface area contributed by atoms with Crippen molar-refractivity contribution < 1.29 is 72.1 Å². The molecule has 3 aliphatic rings. The molecule has 2 N–H and O–H groups in total. The van der Waals surface area contributed by atoms with Gasteiger partial charge in [0.1, 0.15) is 0 Å². The molecule has 0 amide bonds. The molecule has 0 unspecified atom stereocenters. The van der Waals surface area contributed by atoms with Crippen LogP contribution in [-0.2, 0) is 35.9 Å². The van der Waals surface area contributed by atoms with Crippen LogP contribution in [0.25, 0.3) is 65.6 Å². The summed E-state index contributed by atoms with van der Waals surface area (Å²) in [5.41, 5.74) is 7.22. The number of H-pyrrole nitrogens is 2. The average Bonchev–Trinajstić information content (AvgIpc) is 4.21. The average molecular weight is 997 g/mol. The van der Waals surface area contributed by atoms with Gasteiger partial charge in [0.25, 0.3) is 0 Å². The zero-order valence-corrected chi connectivity index (χ0v) is 48.1. The van der Waals surface area contributed by atoms with E-state index in [0.717, 1.165) is 116 Å². The Labute approximate surface area is 473 Å². The number of rotatable bonds is 2. The summed E-state index contributed by atoms with van der Waals surface area (Å²) < 4.78 is 14.8. The first-order valence-corrected chi connectivity index (χ1v) is 26.7. The molecule has 0 aliphatic carbocycles. The Morgan fingerprint density at radius 2 is 0.680 bits per heavy atom. The maximum Gasteiger partial charge on any atom is 1.00 e. The van der Waals surface area contributed by atoms with Gasteiger partial charge in [-0.3, -0.25) is 0 Å². The van der Waals surface area contributed by atoms with Crippen molar-refractivity contribution in [2.75, 3.05) is 39.6 Å². The van der Waals surface area contributed by atoms with Gasteiger partial charge in [-0.15, -0.1) is 0 Å². The molecule has 8 aromatic rings. The van der Waals surface area contributed by atoms with Crippen molar-refractivity contribution in [1.29, 1.82) is 0 Å². The molecule has 3 saturated heterocycles. The van der Waals surface area contributed by atoms with Crippen LogP contribution in [0.2, 0.25) is 0 Å². The first-order valence-electron chi connectivity index (χ1n) is 26.7. The fourth-order valence-corrected chi connectivity index (χ4v) is 9.59. The van der Waals surface area contributed by atoms with Crippen LogP contribution in [0, 0.1) is 0 Å². The number of hydrogen-bond acceptors (Lipinski definition) is 5. The number of aromatic amines is 2. The summed E-state index contributed by atoms with van der Waals surface area (Å²) in [6.45, 7) is 32.0. The molecule has 9 heteroatoms. The van der Waals surface area contributed by atoms with Crippen LogP contribution < -0.4 is 57.9 Å². The maximum absolute atomic E-state index is 13.7. The van der Waals surface area contributed by atoms with Gasteiger partial charge in [-0.25, -0.2) is 9.97 Å². The monoisotopic (exact) mass is 997 g/mol. The van der Waals surface area contributed by atoms with Gasteiger partial charge in [0.15, 0.2) is 12.4 Å². The van der Waals surface area contributed by atoms with E-state index < -0.39 is 0 Å². The molecule has 6 aromatic carbocycles. The van der Waals surface area contributed by atoms with Crippen molar-refractivity contribution in [3.63, 3.8) is 0 Å². The zero-order chi connectivity index (χ0) is 52.6. The van der Waals surface area contributed by atoms with Crippen LogP contribution in [0.15, 0.2) is 122 Å². The third-order valence-corrected chi connectivity index (χ3v) is 14.0. The molecular weight excluding hydrogens is 915 g/mol. The summed E-state index contributed by atoms with van der Waals surface area (Å²) >= 11 is 0. The van der Waals surface area contributed by atoms with E-state index in [1.54, 1.807) is 0 Å². The molecule has 0 bridgehead atoms. The van der Waals surface area contributed by atoms with Gasteiger partial charge in [0.2, 0.25) is 11.4 Å². The topological polar surface area (TPSA) is 102 Å². The number of benzene rings is 6. The SMILES string of the molecule is C1CCOC1.C1CCOC1.C1CCOC1.CC(C)(C)c1ccc2c(-c3[nH+]ccc4ccccc34)c([O-])c(C(C)(C)C)cc2c1.CC(C)(C)c1ccc2c(-c3[nH+]ccc4ccccc34)c([O-])c(C(C)(C)C)cc2c1.[Li+].[Li+]. The number of aromatic nitrogens is 2. The number of hydrogen-bond donors (Lipinski definition) is 0. The van der Waals surface area contributed by atoms with Gasteiger partial charge >= 0.3 is 37.7 Å². The van der Waals surface area contributed by atoms with Crippen molar-refractivity contribution in [3.8, 4) is 34.0 Å². The van der Waals surface area contributed by atoms with Gasteiger partial charge in [-0.1, -0.05) is 180 Å². The van der Waals surface area contributed by atoms with Crippen LogP contribution in [0.4, 0.5) is 0 Å². The minimum atomic E-state index is -0.234. The molecule has 7 nitrogen and oxygen atoms in total. The van der Waals surface area contributed by atoms with E-state index in [4.69, 9.17) is 14.2 Å². The van der Waals surface area contributed by atoms with Gasteiger partial charge in [-0.05, 0) is 127 Å². The molecular formula is C66H82Li2N2O5+2. The van der Waals surface area contributed by atoms with Crippen molar-refractivity contribution in [2.24, 2.45) is 0 Å². The second kappa shape index (κ2) is 26.6. The van der Waals surface area contributed by atoms with Gasteiger partial charge in [-0.2, -0.15) is 0 Å². The standard InChI is InChI=1S/2C27H29NO.3C4H8O.2Li/c2*1-26(2,3)19-11-12-20-18(15-19)16-22(27(4,5)6)25(29)23(20)24-21-10-8-7-9-17(21)13-14-28-24;3*1-2-4-5-3-1;;/h2*7-16,29H,1-6H3;3*1-4H2;;/q;;;;;2*+1. The van der Waals surface area contributed by atoms with Crippen LogP contribution in [-0.4, -0.2) is 39.6 Å². The Bertz CT molecular complexity index is 2870. The quantitative estimate of drug-likeness (QED) is 0.162. The van der Waals surface area contributed by atoms with E-state index >= 15 is 0 Å². The van der Waals surface area contributed by atoms with E-state index in [-0.39, 0.29) is 70.9 Å². The molecule has 386 valence electrons. The Morgan fingerprint density at radius 1 is 0.360 bits per heavy atom. The van der Waals surface area contributed by atoms with Gasteiger partial charge in [0.05, 0.1) is 10.8 Å². The fourth-order valence-electron chi connectivity index (χ4n) is 9.59. The Kier molecular flexibility index (Phi) is 21.7. The number of fused-ring (bicyclic) bond motifs is 4. The smallest absolute Gasteiger partial charge is 0.872 e. The Hall–Kier alpha value is -4.67. The first-order chi connectivity index (χ1) is 34.6. The van der Waals surface area contributed by atoms with E-state index in [1.165, 1.54) is 49.7 Å². The fraction of sp³-hybridized carbons (Fsp3) is 0.424. The molecule has 75 heavy (non-hydrogen) atoms. The minimum Gasteiger partial charge on any atom is -0.872 e. The Morgan fingerprint density at radius 3 is 0.960 bits per heavy atom. The molecule has 3 aliphatic heterocycles. The Balaban J connectivity index is 0.000000211. The molecule has 0 spiro atoms. The summed E-state index contributed by atoms with van der Waals surface area (Å²) in [6.07, 6.45) is 11.5. The summed E-state index contributed by atoms with van der Waals surface area (Å²) in [7, 11) is 0. The molecule has 0 atom stereocenters. The van der Waals surface area contributed by atoms with Crippen LogP contribution in [0.3, 0.4) is 0 Å². The first kappa shape index (κ1) is 61.2. The van der Waals surface area contributed by atoms with Crippen molar-refractivity contribution in [2.45, 2.75) is 143 Å². The second-order valence-electron chi connectivity index (χ2n) is 24.0. The number of ether oxygens (including phenoxy) is 3. The van der Waals surface area contributed by atoms with E-state index in [2.05, 4.69) is 178 Å². The van der Waals surface area contributed by atoms with Crippen LogP contribution >= 0.6 is 0 Å². The third-order valence-electron chi connectivity index (χ3n) is 14.0. The van der Waals surface area contributed by atoms with Crippen molar-refractivity contribution in [1.82, 2.24) is 0 Å². The predicted molar refractivity (Wildman–Crippen MR) is 301 cm³/mol. The molecule has 0 radical (unpaired) electrons. The molecule has 0 saturated carbocycles. The van der Waals surface area contributed by atoms with Gasteiger partial charge < -0.3 is 24.4 Å². The van der Waals surface area contributed by atoms with E-state index in [9.17, 15) is 10.2 Å². The van der Waals surface area contributed by atoms with E-state index in [0.29, 0.717) is 0 Å². The summed E-state index contributed by atoms with van der Waals surface area (Å²) in [5, 5.41) is 36.1. The molecule has 3 fully saturated rings.